The molecular weight excluding hydrogens is 298 g/mol. The Labute approximate surface area is 134 Å². The first-order chi connectivity index (χ1) is 10.6. The van der Waals surface area contributed by atoms with Gasteiger partial charge in [0.1, 0.15) is 11.3 Å². The fourth-order valence-electron chi connectivity index (χ4n) is 2.91. The highest BCUT2D eigenvalue weighted by atomic mass is 32.1. The number of nitrogens with one attached hydrogen (secondary N) is 1. The van der Waals surface area contributed by atoms with E-state index in [1.165, 1.54) is 10.4 Å². The highest BCUT2D eigenvalue weighted by Gasteiger charge is 2.23. The number of carbonyl (C=O) groups excluding carboxylic acids is 1. The fraction of sp³-hybridized carbons (Fsp3) is 0.500. The average Bonchev–Trinajstić information content (AvgIpc) is 3.10. The number of hydrogen-bond donors (Lipinski definition) is 1. The van der Waals surface area contributed by atoms with Gasteiger partial charge in [0.15, 0.2) is 0 Å². The van der Waals surface area contributed by atoms with Crippen LogP contribution in [0, 0.1) is 13.8 Å². The second-order valence-electron chi connectivity index (χ2n) is 5.85. The van der Waals surface area contributed by atoms with E-state index in [1.54, 1.807) is 13.8 Å². The highest BCUT2D eigenvalue weighted by molar-refractivity contribution is 7.10. The number of aryl methyl sites for hydroxylation is 2. The monoisotopic (exact) mass is 319 g/mol. The van der Waals surface area contributed by atoms with Gasteiger partial charge in [0.25, 0.3) is 5.91 Å². The van der Waals surface area contributed by atoms with Crippen LogP contribution in [-0.2, 0) is 13.0 Å². The maximum absolute atomic E-state index is 12.3. The Morgan fingerprint density at radius 2 is 2.36 bits per heavy atom. The number of rotatable bonds is 4. The third kappa shape index (κ3) is 2.94. The van der Waals surface area contributed by atoms with Gasteiger partial charge in [-0.15, -0.1) is 11.3 Å². The van der Waals surface area contributed by atoms with Crippen LogP contribution < -0.4 is 5.32 Å². The van der Waals surface area contributed by atoms with Crippen molar-refractivity contribution in [3.8, 4) is 0 Å². The summed E-state index contributed by atoms with van der Waals surface area (Å²) >= 11 is 1.85. The highest BCUT2D eigenvalue weighted by Crippen LogP contribution is 2.25. The van der Waals surface area contributed by atoms with E-state index < -0.39 is 0 Å². The minimum atomic E-state index is -0.101. The Bertz CT molecular complexity index is 657. The van der Waals surface area contributed by atoms with Gasteiger partial charge in [-0.25, -0.2) is 0 Å². The molecule has 2 aromatic heterocycles. The van der Waals surface area contributed by atoms with E-state index in [0.29, 0.717) is 29.6 Å². The van der Waals surface area contributed by atoms with E-state index in [9.17, 15) is 4.79 Å². The molecule has 0 saturated heterocycles. The number of amides is 1. The molecule has 3 heterocycles. The van der Waals surface area contributed by atoms with Gasteiger partial charge in [0.2, 0.25) is 0 Å². The lowest BCUT2D eigenvalue weighted by atomic mass is 10.1. The zero-order chi connectivity index (χ0) is 15.7. The predicted octanol–water partition coefficient (Wildman–Crippen LogP) is 2.53. The molecule has 0 aromatic carbocycles. The summed E-state index contributed by atoms with van der Waals surface area (Å²) in [5.41, 5.74) is 2.63. The molecule has 0 aliphatic carbocycles. The Kier molecular flexibility index (Phi) is 4.31. The molecule has 1 aliphatic rings. The quantitative estimate of drug-likeness (QED) is 0.941. The maximum atomic E-state index is 12.3. The van der Waals surface area contributed by atoms with Gasteiger partial charge in [-0.3, -0.25) is 9.69 Å². The zero-order valence-corrected chi connectivity index (χ0v) is 14.0. The summed E-state index contributed by atoms with van der Waals surface area (Å²) < 4.78 is 5.05. The Morgan fingerprint density at radius 3 is 3.09 bits per heavy atom. The molecule has 0 unspecified atom stereocenters. The largest absolute Gasteiger partial charge is 0.361 e. The Morgan fingerprint density at radius 1 is 1.55 bits per heavy atom. The summed E-state index contributed by atoms with van der Waals surface area (Å²) in [4.78, 5) is 16.2. The Balaban J connectivity index is 1.57. The molecule has 22 heavy (non-hydrogen) atoms. The van der Waals surface area contributed by atoms with Crippen LogP contribution in [0.3, 0.4) is 0 Å². The van der Waals surface area contributed by atoms with Crippen LogP contribution >= 0.6 is 11.3 Å². The van der Waals surface area contributed by atoms with Gasteiger partial charge >= 0.3 is 0 Å². The van der Waals surface area contributed by atoms with Gasteiger partial charge in [-0.05, 0) is 44.2 Å². The summed E-state index contributed by atoms with van der Waals surface area (Å²) in [7, 11) is 0. The number of fused-ring (bicyclic) bond motifs is 1. The third-order valence-electron chi connectivity index (χ3n) is 4.28. The van der Waals surface area contributed by atoms with Gasteiger partial charge in [0, 0.05) is 30.6 Å². The lowest BCUT2D eigenvalue weighted by molar-refractivity contribution is 0.0930. The zero-order valence-electron chi connectivity index (χ0n) is 13.2. The van der Waals surface area contributed by atoms with Crippen LogP contribution in [-0.4, -0.2) is 35.1 Å². The summed E-state index contributed by atoms with van der Waals surface area (Å²) in [5.74, 6) is 0.472. The first-order valence-corrected chi connectivity index (χ1v) is 8.44. The summed E-state index contributed by atoms with van der Waals surface area (Å²) in [6, 6.07) is 2.51. The molecule has 1 amide bonds. The molecule has 0 radical (unpaired) electrons. The van der Waals surface area contributed by atoms with Crippen molar-refractivity contribution in [2.45, 2.75) is 39.8 Å². The van der Waals surface area contributed by atoms with Crippen LogP contribution in [0.2, 0.25) is 0 Å². The van der Waals surface area contributed by atoms with E-state index in [-0.39, 0.29) is 5.91 Å². The maximum Gasteiger partial charge on any atom is 0.256 e. The molecule has 118 valence electrons. The van der Waals surface area contributed by atoms with E-state index in [4.69, 9.17) is 4.52 Å². The first kappa shape index (κ1) is 15.2. The van der Waals surface area contributed by atoms with Crippen molar-refractivity contribution in [3.63, 3.8) is 0 Å². The van der Waals surface area contributed by atoms with Gasteiger partial charge in [-0.2, -0.15) is 0 Å². The van der Waals surface area contributed by atoms with Crippen LogP contribution in [0.1, 0.15) is 39.2 Å². The molecule has 1 N–H and O–H groups in total. The molecular formula is C16H21N3O2S. The lowest BCUT2D eigenvalue weighted by Crippen LogP contribution is -2.44. The van der Waals surface area contributed by atoms with Gasteiger partial charge in [-0.1, -0.05) is 5.16 Å². The van der Waals surface area contributed by atoms with Crippen LogP contribution in [0.15, 0.2) is 16.0 Å². The second-order valence-corrected chi connectivity index (χ2v) is 6.85. The minimum absolute atomic E-state index is 0.101. The number of aromatic nitrogens is 1. The summed E-state index contributed by atoms with van der Waals surface area (Å²) in [5, 5.41) is 9.00. The van der Waals surface area contributed by atoms with Gasteiger partial charge < -0.3 is 9.84 Å². The molecule has 2 aromatic rings. The molecule has 0 bridgehead atoms. The predicted molar refractivity (Wildman–Crippen MR) is 86.2 cm³/mol. The average molecular weight is 319 g/mol. The normalized spacial score (nSPS) is 16.3. The lowest BCUT2D eigenvalue weighted by Gasteiger charge is -2.32. The van der Waals surface area contributed by atoms with Crippen molar-refractivity contribution >= 4 is 17.2 Å². The van der Waals surface area contributed by atoms with E-state index in [2.05, 4.69) is 33.7 Å². The molecule has 0 spiro atoms. The number of nitrogens with zero attached hydrogens (tertiary/aromatic N) is 2. The third-order valence-corrected chi connectivity index (χ3v) is 5.30. The van der Waals surface area contributed by atoms with Gasteiger partial charge in [0.05, 0.1) is 5.69 Å². The van der Waals surface area contributed by atoms with Crippen molar-refractivity contribution in [1.82, 2.24) is 15.4 Å². The number of carbonyl (C=O) groups is 1. The topological polar surface area (TPSA) is 58.4 Å². The van der Waals surface area contributed by atoms with E-state index in [1.807, 2.05) is 11.3 Å². The smallest absolute Gasteiger partial charge is 0.256 e. The molecule has 1 aliphatic heterocycles. The summed E-state index contributed by atoms with van der Waals surface area (Å²) in [6.07, 6.45) is 1.11. The van der Waals surface area contributed by atoms with Crippen molar-refractivity contribution in [2.24, 2.45) is 0 Å². The molecule has 0 fully saturated rings. The number of thiophene rings is 1. The van der Waals surface area contributed by atoms with Crippen LogP contribution in [0.5, 0.6) is 0 Å². The molecule has 0 saturated carbocycles. The first-order valence-electron chi connectivity index (χ1n) is 7.56. The van der Waals surface area contributed by atoms with Crippen molar-refractivity contribution in [2.75, 3.05) is 13.1 Å². The van der Waals surface area contributed by atoms with Crippen molar-refractivity contribution in [1.29, 1.82) is 0 Å². The van der Waals surface area contributed by atoms with Crippen molar-refractivity contribution in [3.05, 3.63) is 38.9 Å². The van der Waals surface area contributed by atoms with Crippen LogP contribution in [0.25, 0.3) is 0 Å². The molecule has 3 rings (SSSR count). The number of hydrogen-bond acceptors (Lipinski definition) is 5. The molecule has 6 heteroatoms. The Hall–Kier alpha value is -1.66. The molecule has 1 atom stereocenters. The van der Waals surface area contributed by atoms with Crippen molar-refractivity contribution < 1.29 is 9.32 Å². The molecule has 5 nitrogen and oxygen atoms in total. The SMILES string of the molecule is Cc1noc(C)c1C(=O)NC[C@@H](C)N1CCc2sccc2C1. The van der Waals surface area contributed by atoms with Crippen LogP contribution in [0.4, 0.5) is 0 Å². The fourth-order valence-corrected chi connectivity index (χ4v) is 3.80. The minimum Gasteiger partial charge on any atom is -0.361 e. The van der Waals surface area contributed by atoms with E-state index in [0.717, 1.165) is 19.5 Å². The van der Waals surface area contributed by atoms with E-state index >= 15 is 0 Å². The standard InChI is InChI=1S/C16H21N3O2S/c1-10(19-6-4-14-13(9-19)5-7-22-14)8-17-16(20)15-11(2)18-21-12(15)3/h5,7,10H,4,6,8-9H2,1-3H3,(H,17,20)/t10-/m1/s1. The summed E-state index contributed by atoms with van der Waals surface area (Å²) in [6.45, 7) is 8.36. The second kappa shape index (κ2) is 6.22.